The second kappa shape index (κ2) is 10.8. The molecule has 0 bridgehead atoms. The SMILES string of the molecule is c1ccc(-c2cccc(N(c3ccccc3-c3cccc4ccccc34)c3cccc4c3ccc3c5cccnc5oc43)c2)cc1. The van der Waals surface area contributed by atoms with Gasteiger partial charge in [0.25, 0.3) is 0 Å². The molecule has 9 aromatic rings. The molecule has 0 unspecified atom stereocenters. The molecular formula is C43H28N2O. The molecule has 216 valence electrons. The molecule has 0 radical (unpaired) electrons. The lowest BCUT2D eigenvalue weighted by Gasteiger charge is -2.29. The molecule has 3 nitrogen and oxygen atoms in total. The Bertz CT molecular complexity index is 2540. The zero-order valence-electron chi connectivity index (χ0n) is 25.0. The van der Waals surface area contributed by atoms with E-state index in [1.165, 1.54) is 21.9 Å². The van der Waals surface area contributed by atoms with Crippen LogP contribution in [0.3, 0.4) is 0 Å². The zero-order valence-corrected chi connectivity index (χ0v) is 25.0. The summed E-state index contributed by atoms with van der Waals surface area (Å²) in [6, 6.07) is 58.2. The minimum Gasteiger partial charge on any atom is -0.437 e. The lowest BCUT2D eigenvalue weighted by atomic mass is 9.95. The van der Waals surface area contributed by atoms with E-state index in [1.807, 2.05) is 6.07 Å². The van der Waals surface area contributed by atoms with Crippen LogP contribution in [-0.4, -0.2) is 4.98 Å². The van der Waals surface area contributed by atoms with Crippen molar-refractivity contribution in [2.45, 2.75) is 0 Å². The molecule has 0 fully saturated rings. The maximum atomic E-state index is 6.40. The third-order valence-electron chi connectivity index (χ3n) is 8.93. The van der Waals surface area contributed by atoms with Gasteiger partial charge in [-0.3, -0.25) is 0 Å². The highest BCUT2D eigenvalue weighted by Gasteiger charge is 2.22. The highest BCUT2D eigenvalue weighted by molar-refractivity contribution is 6.17. The molecule has 0 atom stereocenters. The van der Waals surface area contributed by atoms with E-state index in [1.54, 1.807) is 6.20 Å². The van der Waals surface area contributed by atoms with E-state index in [0.29, 0.717) is 5.71 Å². The monoisotopic (exact) mass is 588 g/mol. The quantitative estimate of drug-likeness (QED) is 0.200. The summed E-state index contributed by atoms with van der Waals surface area (Å²) in [6.07, 6.45) is 1.78. The molecule has 0 N–H and O–H groups in total. The van der Waals surface area contributed by atoms with Crippen LogP contribution in [-0.2, 0) is 0 Å². The van der Waals surface area contributed by atoms with Gasteiger partial charge in [-0.15, -0.1) is 0 Å². The van der Waals surface area contributed by atoms with Crippen LogP contribution in [0.1, 0.15) is 0 Å². The fraction of sp³-hybridized carbons (Fsp3) is 0. The van der Waals surface area contributed by atoms with Crippen LogP contribution in [0.2, 0.25) is 0 Å². The number of hydrogen-bond donors (Lipinski definition) is 0. The van der Waals surface area contributed by atoms with Gasteiger partial charge in [0.1, 0.15) is 5.58 Å². The van der Waals surface area contributed by atoms with Crippen molar-refractivity contribution in [2.75, 3.05) is 4.90 Å². The number of furan rings is 1. The normalized spacial score (nSPS) is 11.5. The van der Waals surface area contributed by atoms with Crippen molar-refractivity contribution in [2.24, 2.45) is 0 Å². The van der Waals surface area contributed by atoms with Crippen LogP contribution in [0.5, 0.6) is 0 Å². The number of hydrogen-bond acceptors (Lipinski definition) is 3. The van der Waals surface area contributed by atoms with E-state index in [-0.39, 0.29) is 0 Å². The summed E-state index contributed by atoms with van der Waals surface area (Å²) in [6.45, 7) is 0. The minimum atomic E-state index is 0.657. The van der Waals surface area contributed by atoms with Gasteiger partial charge in [0, 0.05) is 39.0 Å². The molecule has 7 aromatic carbocycles. The zero-order chi connectivity index (χ0) is 30.5. The van der Waals surface area contributed by atoms with Gasteiger partial charge in [0.2, 0.25) is 5.71 Å². The van der Waals surface area contributed by atoms with Crippen molar-refractivity contribution in [1.29, 1.82) is 0 Å². The van der Waals surface area contributed by atoms with Gasteiger partial charge in [0.15, 0.2) is 0 Å². The maximum absolute atomic E-state index is 6.40. The summed E-state index contributed by atoms with van der Waals surface area (Å²) >= 11 is 0. The Morgan fingerprint density at radius 1 is 0.435 bits per heavy atom. The van der Waals surface area contributed by atoms with Crippen molar-refractivity contribution in [3.05, 3.63) is 170 Å². The van der Waals surface area contributed by atoms with E-state index in [9.17, 15) is 0 Å². The fourth-order valence-corrected chi connectivity index (χ4v) is 6.82. The van der Waals surface area contributed by atoms with Crippen LogP contribution in [0.4, 0.5) is 17.1 Å². The van der Waals surface area contributed by atoms with Crippen LogP contribution in [0, 0.1) is 0 Å². The molecule has 9 rings (SSSR count). The number of aromatic nitrogens is 1. The number of benzene rings is 7. The Balaban J connectivity index is 1.34. The first-order chi connectivity index (χ1) is 22.8. The summed E-state index contributed by atoms with van der Waals surface area (Å²) in [4.78, 5) is 6.91. The largest absolute Gasteiger partial charge is 0.437 e. The van der Waals surface area contributed by atoms with E-state index in [2.05, 4.69) is 168 Å². The molecule has 3 heteroatoms. The number of rotatable bonds is 5. The topological polar surface area (TPSA) is 29.3 Å². The third-order valence-corrected chi connectivity index (χ3v) is 8.93. The Hall–Kier alpha value is -6.19. The lowest BCUT2D eigenvalue weighted by molar-refractivity contribution is 0.657. The predicted molar refractivity (Wildman–Crippen MR) is 192 cm³/mol. The summed E-state index contributed by atoms with van der Waals surface area (Å²) < 4.78 is 6.40. The van der Waals surface area contributed by atoms with Crippen LogP contribution < -0.4 is 4.90 Å². The first kappa shape index (κ1) is 26.2. The van der Waals surface area contributed by atoms with Gasteiger partial charge in [-0.1, -0.05) is 121 Å². The number of pyridine rings is 1. The van der Waals surface area contributed by atoms with E-state index in [0.717, 1.165) is 55.3 Å². The molecular weight excluding hydrogens is 560 g/mol. The standard InChI is InChI=1S/C43H28N2O/c1-2-12-29(13-3-1)31-16-8-17-32(28-31)45(40-23-7-6-19-35(40)34-20-9-15-30-14-4-5-18-33(30)34)41-24-10-21-37-36(41)25-26-38-39-22-11-27-44-43(39)46-42(37)38/h1-28H. The van der Waals surface area contributed by atoms with Crippen LogP contribution in [0.15, 0.2) is 174 Å². The summed E-state index contributed by atoms with van der Waals surface area (Å²) in [5, 5.41) is 6.70. The Morgan fingerprint density at radius 2 is 1.09 bits per heavy atom. The van der Waals surface area contributed by atoms with E-state index in [4.69, 9.17) is 4.42 Å². The van der Waals surface area contributed by atoms with Crippen molar-refractivity contribution < 1.29 is 4.42 Å². The smallest absolute Gasteiger partial charge is 0.227 e. The van der Waals surface area contributed by atoms with Gasteiger partial charge in [-0.25, -0.2) is 4.98 Å². The minimum absolute atomic E-state index is 0.657. The van der Waals surface area contributed by atoms with Crippen molar-refractivity contribution >= 4 is 60.7 Å². The fourth-order valence-electron chi connectivity index (χ4n) is 6.82. The molecule has 0 aliphatic heterocycles. The summed E-state index contributed by atoms with van der Waals surface area (Å²) in [5.74, 6) is 0. The van der Waals surface area contributed by atoms with Crippen molar-refractivity contribution in [3.63, 3.8) is 0 Å². The second-order valence-corrected chi connectivity index (χ2v) is 11.6. The number of anilines is 3. The first-order valence-electron chi connectivity index (χ1n) is 15.6. The third kappa shape index (κ3) is 4.25. The maximum Gasteiger partial charge on any atom is 0.227 e. The second-order valence-electron chi connectivity index (χ2n) is 11.6. The number of nitrogens with zero attached hydrogens (tertiary/aromatic N) is 2. The van der Waals surface area contributed by atoms with E-state index < -0.39 is 0 Å². The molecule has 0 saturated carbocycles. The van der Waals surface area contributed by atoms with Crippen molar-refractivity contribution in [3.8, 4) is 22.3 Å². The summed E-state index contributed by atoms with van der Waals surface area (Å²) in [7, 11) is 0. The number of para-hydroxylation sites is 1. The lowest BCUT2D eigenvalue weighted by Crippen LogP contribution is -2.12. The van der Waals surface area contributed by atoms with Crippen molar-refractivity contribution in [1.82, 2.24) is 4.98 Å². The molecule has 2 heterocycles. The molecule has 0 amide bonds. The first-order valence-corrected chi connectivity index (χ1v) is 15.6. The van der Waals surface area contributed by atoms with Gasteiger partial charge < -0.3 is 9.32 Å². The average molecular weight is 589 g/mol. The van der Waals surface area contributed by atoms with Gasteiger partial charge in [0.05, 0.1) is 11.4 Å². The van der Waals surface area contributed by atoms with Crippen LogP contribution >= 0.6 is 0 Å². The van der Waals surface area contributed by atoms with Gasteiger partial charge in [-0.05, 0) is 69.9 Å². The molecule has 2 aromatic heterocycles. The molecule has 0 spiro atoms. The average Bonchev–Trinajstić information content (AvgIpc) is 3.52. The predicted octanol–water partition coefficient (Wildman–Crippen LogP) is 12.1. The number of fused-ring (bicyclic) bond motifs is 6. The Morgan fingerprint density at radius 3 is 2.04 bits per heavy atom. The van der Waals surface area contributed by atoms with Crippen LogP contribution in [0.25, 0.3) is 65.9 Å². The summed E-state index contributed by atoms with van der Waals surface area (Å²) in [5.41, 5.74) is 9.47. The highest BCUT2D eigenvalue weighted by atomic mass is 16.3. The molecule has 0 aliphatic rings. The molecule has 46 heavy (non-hydrogen) atoms. The molecule has 0 aliphatic carbocycles. The Labute approximate surface area is 266 Å². The molecule has 0 saturated heterocycles. The Kier molecular flexibility index (Phi) is 6.14. The highest BCUT2D eigenvalue weighted by Crippen LogP contribution is 2.46. The van der Waals surface area contributed by atoms with E-state index >= 15 is 0 Å². The van der Waals surface area contributed by atoms with Gasteiger partial charge in [-0.2, -0.15) is 0 Å². The van der Waals surface area contributed by atoms with Gasteiger partial charge >= 0.3 is 0 Å².